The zero-order valence-corrected chi connectivity index (χ0v) is 17.9. The lowest BCUT2D eigenvalue weighted by Crippen LogP contribution is -2.34. The maximum Gasteiger partial charge on any atom is 0.220 e. The summed E-state index contributed by atoms with van der Waals surface area (Å²) in [6, 6.07) is 8.46. The summed E-state index contributed by atoms with van der Waals surface area (Å²) in [5, 5.41) is 2.91. The highest BCUT2D eigenvalue weighted by molar-refractivity contribution is 5.76. The van der Waals surface area contributed by atoms with Gasteiger partial charge in [0.2, 0.25) is 5.91 Å². The highest BCUT2D eigenvalue weighted by Gasteiger charge is 2.27. The van der Waals surface area contributed by atoms with Crippen LogP contribution in [0.5, 0.6) is 17.2 Å². The highest BCUT2D eigenvalue weighted by Crippen LogP contribution is 2.38. The van der Waals surface area contributed by atoms with Gasteiger partial charge in [-0.15, -0.1) is 0 Å². The van der Waals surface area contributed by atoms with Crippen LogP contribution in [0.25, 0.3) is 11.3 Å². The van der Waals surface area contributed by atoms with Gasteiger partial charge < -0.3 is 19.5 Å². The predicted molar refractivity (Wildman–Crippen MR) is 116 cm³/mol. The average molecular weight is 437 g/mol. The third kappa shape index (κ3) is 4.80. The van der Waals surface area contributed by atoms with Crippen molar-refractivity contribution in [2.75, 3.05) is 20.8 Å². The number of ether oxygens (including phenoxy) is 3. The molecule has 0 aliphatic carbocycles. The van der Waals surface area contributed by atoms with Crippen LogP contribution >= 0.6 is 0 Å². The minimum atomic E-state index is -0.354. The van der Waals surface area contributed by atoms with E-state index in [1.54, 1.807) is 32.8 Å². The van der Waals surface area contributed by atoms with Gasteiger partial charge in [-0.1, -0.05) is 6.07 Å². The molecule has 7 nitrogen and oxygen atoms in total. The van der Waals surface area contributed by atoms with Gasteiger partial charge in [-0.05, 0) is 36.2 Å². The van der Waals surface area contributed by atoms with Gasteiger partial charge in [0, 0.05) is 36.4 Å². The summed E-state index contributed by atoms with van der Waals surface area (Å²) < 4.78 is 30.7. The van der Waals surface area contributed by atoms with Gasteiger partial charge in [-0.2, -0.15) is 0 Å². The van der Waals surface area contributed by atoms with E-state index in [2.05, 4.69) is 15.3 Å². The number of hydrogen-bond acceptors (Lipinski definition) is 6. The number of hydrogen-bond donors (Lipinski definition) is 1. The number of methoxy groups -OCH3 is 2. The molecule has 8 heteroatoms. The van der Waals surface area contributed by atoms with Crippen LogP contribution < -0.4 is 19.5 Å². The van der Waals surface area contributed by atoms with Crippen LogP contribution in [0.2, 0.25) is 0 Å². The number of amides is 1. The molecule has 0 radical (unpaired) electrons. The Hall–Kier alpha value is -3.68. The molecule has 3 aromatic rings. The second-order valence-corrected chi connectivity index (χ2v) is 7.47. The number of aromatic nitrogens is 2. The summed E-state index contributed by atoms with van der Waals surface area (Å²) >= 11 is 0. The summed E-state index contributed by atoms with van der Waals surface area (Å²) in [6.07, 6.45) is 5.82. The van der Waals surface area contributed by atoms with Crippen molar-refractivity contribution in [3.63, 3.8) is 0 Å². The number of carbonyl (C=O) groups is 1. The Morgan fingerprint density at radius 1 is 1.19 bits per heavy atom. The fourth-order valence-corrected chi connectivity index (χ4v) is 3.75. The molecule has 1 aliphatic heterocycles. The number of nitrogens with zero attached hydrogens (tertiary/aromatic N) is 2. The first-order valence-corrected chi connectivity index (χ1v) is 10.3. The monoisotopic (exact) mass is 437 g/mol. The van der Waals surface area contributed by atoms with Gasteiger partial charge in [0.1, 0.15) is 17.7 Å². The lowest BCUT2D eigenvalue weighted by molar-refractivity contribution is -0.121. The number of aryl methyl sites for hydroxylation is 1. The molecule has 0 saturated carbocycles. The minimum absolute atomic E-state index is 0.0836. The Morgan fingerprint density at radius 2 is 2.03 bits per heavy atom. The third-order valence-corrected chi connectivity index (χ3v) is 5.32. The molecule has 4 rings (SSSR count). The van der Waals surface area contributed by atoms with E-state index in [1.807, 2.05) is 18.2 Å². The quantitative estimate of drug-likeness (QED) is 0.582. The van der Waals surface area contributed by atoms with Gasteiger partial charge >= 0.3 is 0 Å². The predicted octanol–water partition coefficient (Wildman–Crippen LogP) is 3.35. The van der Waals surface area contributed by atoms with Crippen molar-refractivity contribution in [1.29, 1.82) is 0 Å². The fraction of sp³-hybridized carbons (Fsp3) is 0.292. The fourth-order valence-electron chi connectivity index (χ4n) is 3.75. The van der Waals surface area contributed by atoms with Crippen molar-refractivity contribution in [2.45, 2.75) is 25.4 Å². The molecule has 2 heterocycles. The second-order valence-electron chi connectivity index (χ2n) is 7.47. The van der Waals surface area contributed by atoms with Crippen molar-refractivity contribution in [3.8, 4) is 28.5 Å². The van der Waals surface area contributed by atoms with E-state index in [9.17, 15) is 9.18 Å². The molecule has 0 spiro atoms. The van der Waals surface area contributed by atoms with Crippen LogP contribution in [0.4, 0.5) is 4.39 Å². The van der Waals surface area contributed by atoms with Gasteiger partial charge in [0.05, 0.1) is 32.7 Å². The highest BCUT2D eigenvalue weighted by atomic mass is 19.1. The van der Waals surface area contributed by atoms with Gasteiger partial charge in [-0.3, -0.25) is 14.8 Å². The Bertz CT molecular complexity index is 1110. The summed E-state index contributed by atoms with van der Waals surface area (Å²) in [5.41, 5.74) is 2.85. The summed E-state index contributed by atoms with van der Waals surface area (Å²) in [6.45, 7) is 0.334. The summed E-state index contributed by atoms with van der Waals surface area (Å²) in [4.78, 5) is 20.7. The molecule has 0 bridgehead atoms. The molecule has 32 heavy (non-hydrogen) atoms. The normalized spacial score (nSPS) is 14.4. The van der Waals surface area contributed by atoms with Gasteiger partial charge in [-0.25, -0.2) is 4.39 Å². The van der Waals surface area contributed by atoms with Gasteiger partial charge in [0.15, 0.2) is 11.5 Å². The Morgan fingerprint density at radius 3 is 2.78 bits per heavy atom. The van der Waals surface area contributed by atoms with E-state index in [0.717, 1.165) is 11.1 Å². The maximum absolute atomic E-state index is 14.1. The van der Waals surface area contributed by atoms with Crippen molar-refractivity contribution in [1.82, 2.24) is 15.3 Å². The van der Waals surface area contributed by atoms with E-state index in [-0.39, 0.29) is 17.8 Å². The van der Waals surface area contributed by atoms with Crippen LogP contribution in [0.3, 0.4) is 0 Å². The number of rotatable bonds is 8. The van der Waals surface area contributed by atoms with Crippen LogP contribution in [0.15, 0.2) is 48.9 Å². The molecule has 1 aliphatic rings. The second kappa shape index (κ2) is 9.64. The van der Waals surface area contributed by atoms with Crippen LogP contribution in [-0.2, 0) is 17.6 Å². The molecule has 0 fully saturated rings. The first kappa shape index (κ1) is 21.5. The molecule has 1 aromatic heterocycles. The Kier molecular flexibility index (Phi) is 6.49. The van der Waals surface area contributed by atoms with Crippen molar-refractivity contribution >= 4 is 5.91 Å². The molecular formula is C24H24FN3O4. The number of benzene rings is 2. The Balaban J connectivity index is 1.33. The summed E-state index contributed by atoms with van der Waals surface area (Å²) in [5.74, 6) is 1.44. The number of nitrogens with one attached hydrogen (secondary N) is 1. The van der Waals surface area contributed by atoms with E-state index in [1.165, 1.54) is 12.1 Å². The van der Waals surface area contributed by atoms with Crippen molar-refractivity contribution in [3.05, 3.63) is 65.9 Å². The largest absolute Gasteiger partial charge is 0.493 e. The number of fused-ring (bicyclic) bond motifs is 1. The topological polar surface area (TPSA) is 82.6 Å². The van der Waals surface area contributed by atoms with E-state index in [4.69, 9.17) is 14.2 Å². The van der Waals surface area contributed by atoms with E-state index in [0.29, 0.717) is 54.3 Å². The summed E-state index contributed by atoms with van der Waals surface area (Å²) in [7, 11) is 3.16. The number of halogens is 1. The molecule has 1 atom stereocenters. The molecule has 2 aromatic carbocycles. The van der Waals surface area contributed by atoms with E-state index < -0.39 is 0 Å². The molecule has 1 amide bonds. The molecule has 0 saturated heterocycles. The molecule has 0 unspecified atom stereocenters. The molecular weight excluding hydrogens is 413 g/mol. The first-order chi connectivity index (χ1) is 15.6. The van der Waals surface area contributed by atoms with Crippen LogP contribution in [-0.4, -0.2) is 42.7 Å². The van der Waals surface area contributed by atoms with Gasteiger partial charge in [0.25, 0.3) is 0 Å². The first-order valence-electron chi connectivity index (χ1n) is 10.3. The van der Waals surface area contributed by atoms with Crippen molar-refractivity contribution < 1.29 is 23.4 Å². The Labute approximate surface area is 185 Å². The van der Waals surface area contributed by atoms with Crippen LogP contribution in [0.1, 0.15) is 17.5 Å². The maximum atomic E-state index is 14.1. The standard InChI is InChI=1S/C24H24FN3O4/c1-30-21-5-3-15(9-22(21)31-2)4-6-23(29)28-13-18-11-16-10-17(25)12-19(24(16)32-18)20-14-26-7-8-27-20/h3,5,7-10,12,14,18H,4,6,11,13H2,1-2H3,(H,28,29)/t18-/m0/s1. The molecule has 1 N–H and O–H groups in total. The number of carbonyl (C=O) groups excluding carboxylic acids is 1. The average Bonchev–Trinajstić information content (AvgIpc) is 3.23. The smallest absolute Gasteiger partial charge is 0.220 e. The molecule has 166 valence electrons. The van der Waals surface area contributed by atoms with E-state index >= 15 is 0 Å². The van der Waals surface area contributed by atoms with Crippen molar-refractivity contribution in [2.24, 2.45) is 0 Å². The lowest BCUT2D eigenvalue weighted by atomic mass is 10.0. The SMILES string of the molecule is COc1ccc(CCC(=O)NC[C@@H]2Cc3cc(F)cc(-c4cnccn4)c3O2)cc1OC. The lowest BCUT2D eigenvalue weighted by Gasteiger charge is -2.14. The van der Waals surface area contributed by atoms with Crippen LogP contribution in [0, 0.1) is 5.82 Å². The zero-order valence-electron chi connectivity index (χ0n) is 17.9. The third-order valence-electron chi connectivity index (χ3n) is 5.32. The minimum Gasteiger partial charge on any atom is -0.493 e. The zero-order chi connectivity index (χ0) is 22.5.